The lowest BCUT2D eigenvalue weighted by Crippen LogP contribution is -2.23. The molecule has 0 radical (unpaired) electrons. The molecule has 0 aromatic heterocycles. The molecule has 1 heterocycles. The molecule has 0 bridgehead atoms. The zero-order chi connectivity index (χ0) is 12.6. The molecule has 0 spiro atoms. The molecule has 0 saturated carbocycles. The molecule has 0 saturated heterocycles. The van der Waals surface area contributed by atoms with Crippen LogP contribution in [0.3, 0.4) is 0 Å². The Morgan fingerprint density at radius 3 is 2.88 bits per heavy atom. The molecule has 2 rings (SSSR count). The van der Waals surface area contributed by atoms with E-state index in [0.717, 1.165) is 12.1 Å². The minimum absolute atomic E-state index is 0.210. The number of fused-ring (bicyclic) bond motifs is 1. The summed E-state index contributed by atoms with van der Waals surface area (Å²) in [5.41, 5.74) is -0.250. The second-order valence-electron chi connectivity index (χ2n) is 4.01. The summed E-state index contributed by atoms with van der Waals surface area (Å²) >= 11 is 0. The Morgan fingerprint density at radius 2 is 2.29 bits per heavy atom. The van der Waals surface area contributed by atoms with Gasteiger partial charge in [0.15, 0.2) is 0 Å². The van der Waals surface area contributed by atoms with Crippen molar-refractivity contribution in [2.45, 2.75) is 25.4 Å². The molecule has 17 heavy (non-hydrogen) atoms. The van der Waals surface area contributed by atoms with Crippen molar-refractivity contribution in [1.82, 2.24) is 0 Å². The van der Waals surface area contributed by atoms with Gasteiger partial charge in [-0.15, -0.1) is 0 Å². The minimum Gasteiger partial charge on any atom is -0.490 e. The second kappa shape index (κ2) is 4.12. The zero-order valence-electron chi connectivity index (χ0n) is 9.05. The summed E-state index contributed by atoms with van der Waals surface area (Å²) in [7, 11) is 0. The van der Waals surface area contributed by atoms with Crippen molar-refractivity contribution in [3.63, 3.8) is 0 Å². The first kappa shape index (κ1) is 11.5. The summed E-state index contributed by atoms with van der Waals surface area (Å²) in [5, 5.41) is 10.6. The molecule has 0 fully saturated rings. The lowest BCUT2D eigenvalue weighted by atomic mass is 9.91. The van der Waals surface area contributed by atoms with Crippen LogP contribution in [0, 0.1) is 15.9 Å². The zero-order valence-corrected chi connectivity index (χ0v) is 9.05. The fourth-order valence-corrected chi connectivity index (χ4v) is 1.97. The minimum atomic E-state index is -0.951. The van der Waals surface area contributed by atoms with Gasteiger partial charge < -0.3 is 9.53 Å². The third-order valence-electron chi connectivity index (χ3n) is 2.75. The number of nitro benzene ring substituents is 1. The molecule has 1 aromatic carbocycles. The number of nitrogens with zero attached hydrogens (tertiary/aromatic N) is 1. The number of nitro groups is 1. The van der Waals surface area contributed by atoms with Gasteiger partial charge in [0.1, 0.15) is 12.0 Å². The maximum absolute atomic E-state index is 13.4. The third kappa shape index (κ3) is 1.98. The molecule has 2 unspecified atom stereocenters. The summed E-state index contributed by atoms with van der Waals surface area (Å²) in [6.45, 7) is 1.76. The fraction of sp³-hybridized carbons (Fsp3) is 0.364. The molecule has 0 N–H and O–H groups in total. The molecule has 1 aromatic rings. The molecule has 0 amide bonds. The molecule has 0 aliphatic carbocycles. The van der Waals surface area contributed by atoms with E-state index in [2.05, 4.69) is 0 Å². The van der Waals surface area contributed by atoms with E-state index in [1.54, 1.807) is 6.92 Å². The summed E-state index contributed by atoms with van der Waals surface area (Å²) in [6.07, 6.45) is 0.942. The van der Waals surface area contributed by atoms with Crippen LogP contribution < -0.4 is 4.74 Å². The Morgan fingerprint density at radius 1 is 1.59 bits per heavy atom. The Bertz CT molecular complexity index is 489. The predicted octanol–water partition coefficient (Wildman–Crippen LogP) is 2.19. The number of hydrogen-bond acceptors (Lipinski definition) is 4. The van der Waals surface area contributed by atoms with Gasteiger partial charge in [0.05, 0.1) is 11.0 Å². The van der Waals surface area contributed by atoms with Gasteiger partial charge >= 0.3 is 5.69 Å². The number of ether oxygens (including phenoxy) is 1. The molecule has 1 aliphatic rings. The van der Waals surface area contributed by atoms with E-state index in [1.807, 2.05) is 0 Å². The quantitative estimate of drug-likeness (QED) is 0.450. The molecular formula is C11H10FNO4. The van der Waals surface area contributed by atoms with Gasteiger partial charge in [0.25, 0.3) is 0 Å². The number of benzene rings is 1. The first-order valence-electron chi connectivity index (χ1n) is 5.12. The van der Waals surface area contributed by atoms with Crippen LogP contribution in [0.15, 0.2) is 12.1 Å². The summed E-state index contributed by atoms with van der Waals surface area (Å²) in [5.74, 6) is -1.22. The van der Waals surface area contributed by atoms with Crippen LogP contribution in [0.5, 0.6) is 5.75 Å². The Hall–Kier alpha value is -1.98. The molecule has 2 atom stereocenters. The van der Waals surface area contributed by atoms with Gasteiger partial charge in [0.2, 0.25) is 5.82 Å². The van der Waals surface area contributed by atoms with E-state index in [4.69, 9.17) is 4.74 Å². The first-order chi connectivity index (χ1) is 8.02. The molecular weight excluding hydrogens is 229 g/mol. The highest BCUT2D eigenvalue weighted by Crippen LogP contribution is 2.38. The number of halogens is 1. The van der Waals surface area contributed by atoms with Crippen LogP contribution in [0.4, 0.5) is 10.1 Å². The number of carbonyl (C=O) groups is 1. The average molecular weight is 239 g/mol. The predicted molar refractivity (Wildman–Crippen MR) is 56.6 cm³/mol. The maximum atomic E-state index is 13.4. The van der Waals surface area contributed by atoms with E-state index in [-0.39, 0.29) is 11.9 Å². The van der Waals surface area contributed by atoms with Gasteiger partial charge in [-0.3, -0.25) is 10.1 Å². The van der Waals surface area contributed by atoms with Crippen LogP contribution in [0.25, 0.3) is 0 Å². The van der Waals surface area contributed by atoms with Crippen LogP contribution in [-0.2, 0) is 4.79 Å². The van der Waals surface area contributed by atoms with Crippen LogP contribution in [0.2, 0.25) is 0 Å². The maximum Gasteiger partial charge on any atom is 0.305 e. The second-order valence-corrected chi connectivity index (χ2v) is 4.01. The fourth-order valence-electron chi connectivity index (χ4n) is 1.97. The molecule has 1 aliphatic heterocycles. The third-order valence-corrected chi connectivity index (χ3v) is 2.75. The van der Waals surface area contributed by atoms with Gasteiger partial charge in [-0.2, -0.15) is 4.39 Å². The lowest BCUT2D eigenvalue weighted by Gasteiger charge is -2.27. The summed E-state index contributed by atoms with van der Waals surface area (Å²) < 4.78 is 18.7. The van der Waals surface area contributed by atoms with Crippen LogP contribution in [0.1, 0.15) is 24.8 Å². The molecule has 90 valence electrons. The van der Waals surface area contributed by atoms with Crippen molar-refractivity contribution in [1.29, 1.82) is 0 Å². The Balaban J connectivity index is 2.56. The van der Waals surface area contributed by atoms with Crippen molar-refractivity contribution < 1.29 is 18.8 Å². The Kier molecular flexibility index (Phi) is 2.79. The van der Waals surface area contributed by atoms with Gasteiger partial charge in [-0.25, -0.2) is 0 Å². The number of aldehydes is 1. The van der Waals surface area contributed by atoms with Crippen molar-refractivity contribution >= 4 is 12.0 Å². The topological polar surface area (TPSA) is 69.4 Å². The lowest BCUT2D eigenvalue weighted by molar-refractivity contribution is -0.387. The smallest absolute Gasteiger partial charge is 0.305 e. The van der Waals surface area contributed by atoms with Gasteiger partial charge in [-0.05, 0) is 13.3 Å². The van der Waals surface area contributed by atoms with E-state index in [9.17, 15) is 19.3 Å². The largest absolute Gasteiger partial charge is 0.490 e. The van der Waals surface area contributed by atoms with E-state index in [0.29, 0.717) is 18.3 Å². The van der Waals surface area contributed by atoms with E-state index >= 15 is 0 Å². The molecule has 5 nitrogen and oxygen atoms in total. The van der Waals surface area contributed by atoms with Gasteiger partial charge in [-0.1, -0.05) is 0 Å². The van der Waals surface area contributed by atoms with Crippen LogP contribution in [-0.4, -0.2) is 17.3 Å². The average Bonchev–Trinajstić information content (AvgIpc) is 2.26. The van der Waals surface area contributed by atoms with E-state index in [1.165, 1.54) is 0 Å². The highest BCUT2D eigenvalue weighted by Gasteiger charge is 2.29. The number of rotatable bonds is 2. The molecule has 6 heteroatoms. The van der Waals surface area contributed by atoms with Gasteiger partial charge in [0, 0.05) is 23.6 Å². The van der Waals surface area contributed by atoms with Crippen LogP contribution >= 0.6 is 0 Å². The first-order valence-corrected chi connectivity index (χ1v) is 5.12. The summed E-state index contributed by atoms with van der Waals surface area (Å²) in [4.78, 5) is 20.7. The highest BCUT2D eigenvalue weighted by molar-refractivity contribution is 5.66. The van der Waals surface area contributed by atoms with E-state index < -0.39 is 22.3 Å². The van der Waals surface area contributed by atoms with Crippen molar-refractivity contribution in [3.8, 4) is 5.75 Å². The SMILES string of the molecule is CC1CC(C=O)c2cc([N+](=O)[O-])c(F)cc2O1. The summed E-state index contributed by atoms with van der Waals surface area (Å²) in [6, 6.07) is 2.05. The monoisotopic (exact) mass is 239 g/mol. The number of hydrogen-bond donors (Lipinski definition) is 0. The highest BCUT2D eigenvalue weighted by atomic mass is 19.1. The van der Waals surface area contributed by atoms with Crippen molar-refractivity contribution in [2.75, 3.05) is 0 Å². The standard InChI is InChI=1S/C11H10FNO4/c1-6-2-7(5-14)8-3-10(13(15)16)9(12)4-11(8)17-6/h3-7H,2H2,1H3. The normalized spacial score (nSPS) is 22.5. The Labute approximate surface area is 96.3 Å². The van der Waals surface area contributed by atoms with Crippen molar-refractivity contribution in [2.24, 2.45) is 0 Å². The number of carbonyl (C=O) groups excluding carboxylic acids is 1. The van der Waals surface area contributed by atoms with Crippen molar-refractivity contribution in [3.05, 3.63) is 33.6 Å².